The molecule has 3 amide bonds. The average molecular weight is 317 g/mol. The van der Waals surface area contributed by atoms with Gasteiger partial charge < -0.3 is 0 Å². The lowest BCUT2D eigenvalue weighted by Crippen LogP contribution is -2.32. The minimum atomic E-state index is -0.292. The molecule has 0 saturated carbocycles. The molecule has 1 fully saturated rings. The lowest BCUT2D eigenvalue weighted by Gasteiger charge is -2.17. The van der Waals surface area contributed by atoms with Crippen molar-refractivity contribution in [2.24, 2.45) is 0 Å². The third-order valence-corrected chi connectivity index (χ3v) is 4.17. The summed E-state index contributed by atoms with van der Waals surface area (Å²) in [6.07, 6.45) is 1.72. The van der Waals surface area contributed by atoms with Gasteiger partial charge in [0.2, 0.25) is 0 Å². The molecule has 5 nitrogen and oxygen atoms in total. The summed E-state index contributed by atoms with van der Waals surface area (Å²) >= 11 is 0. The molecule has 0 bridgehead atoms. The summed E-state index contributed by atoms with van der Waals surface area (Å²) in [5.74, 6) is -0.197. The molecule has 0 unspecified atom stereocenters. The summed E-state index contributed by atoms with van der Waals surface area (Å²) in [7, 11) is 0. The summed E-state index contributed by atoms with van der Waals surface area (Å²) in [5.41, 5.74) is 2.41. The molecule has 0 spiro atoms. The van der Waals surface area contributed by atoms with Gasteiger partial charge in [0.25, 0.3) is 5.91 Å². The van der Waals surface area contributed by atoms with Gasteiger partial charge in [-0.15, -0.1) is 0 Å². The number of para-hydroxylation sites is 2. The molecular weight excluding hydrogens is 302 g/mol. The number of anilines is 1. The molecular formula is C19H15N3O2. The van der Waals surface area contributed by atoms with Crippen LogP contribution in [0.15, 0.2) is 66.9 Å². The monoisotopic (exact) mass is 317 g/mol. The highest BCUT2D eigenvalue weighted by atomic mass is 16.2. The number of aromatic nitrogens is 1. The SMILES string of the molecule is O=C1CN(c2ccccc2)C(=O)N1Cc1cccc2cccnc12. The number of urea groups is 1. The number of nitrogens with zero attached hydrogens (tertiary/aromatic N) is 3. The summed E-state index contributed by atoms with van der Waals surface area (Å²) < 4.78 is 0. The largest absolute Gasteiger partial charge is 0.332 e. The van der Waals surface area contributed by atoms with E-state index in [0.717, 1.165) is 22.2 Å². The van der Waals surface area contributed by atoms with Gasteiger partial charge in [0, 0.05) is 17.3 Å². The number of hydrogen-bond acceptors (Lipinski definition) is 3. The normalized spacial score (nSPS) is 14.7. The van der Waals surface area contributed by atoms with Crippen molar-refractivity contribution in [3.8, 4) is 0 Å². The van der Waals surface area contributed by atoms with Gasteiger partial charge in [-0.2, -0.15) is 0 Å². The van der Waals surface area contributed by atoms with E-state index in [1.165, 1.54) is 9.80 Å². The fourth-order valence-corrected chi connectivity index (χ4v) is 2.97. The lowest BCUT2D eigenvalue weighted by molar-refractivity contribution is -0.125. The maximum absolute atomic E-state index is 12.7. The number of fused-ring (bicyclic) bond motifs is 1. The van der Waals surface area contributed by atoms with E-state index in [1.54, 1.807) is 6.20 Å². The molecule has 2 heterocycles. The summed E-state index contributed by atoms with van der Waals surface area (Å²) in [6, 6.07) is 18.6. The van der Waals surface area contributed by atoms with Crippen molar-refractivity contribution in [2.45, 2.75) is 6.54 Å². The van der Waals surface area contributed by atoms with Crippen LogP contribution in [0.1, 0.15) is 5.56 Å². The van der Waals surface area contributed by atoms with E-state index in [2.05, 4.69) is 4.98 Å². The fourth-order valence-electron chi connectivity index (χ4n) is 2.97. The Morgan fingerprint density at radius 2 is 1.71 bits per heavy atom. The first-order valence-corrected chi connectivity index (χ1v) is 7.73. The molecule has 0 N–H and O–H groups in total. The highest BCUT2D eigenvalue weighted by Crippen LogP contribution is 2.24. The number of hydrogen-bond donors (Lipinski definition) is 0. The Morgan fingerprint density at radius 1 is 0.917 bits per heavy atom. The number of imide groups is 1. The van der Waals surface area contributed by atoms with Crippen LogP contribution in [-0.2, 0) is 11.3 Å². The van der Waals surface area contributed by atoms with Gasteiger partial charge in [0.1, 0.15) is 6.54 Å². The van der Waals surface area contributed by atoms with Crippen molar-refractivity contribution in [3.05, 3.63) is 72.4 Å². The van der Waals surface area contributed by atoms with Gasteiger partial charge in [-0.25, -0.2) is 4.79 Å². The number of benzene rings is 2. The zero-order chi connectivity index (χ0) is 16.5. The van der Waals surface area contributed by atoms with Gasteiger partial charge in [-0.1, -0.05) is 42.5 Å². The molecule has 24 heavy (non-hydrogen) atoms. The lowest BCUT2D eigenvalue weighted by atomic mass is 10.1. The molecule has 0 radical (unpaired) electrons. The highest BCUT2D eigenvalue weighted by molar-refractivity contribution is 6.12. The number of carbonyl (C=O) groups excluding carboxylic acids is 2. The van der Waals surface area contributed by atoms with Crippen molar-refractivity contribution in [3.63, 3.8) is 0 Å². The summed E-state index contributed by atoms with van der Waals surface area (Å²) in [5, 5.41) is 0.994. The number of amides is 3. The maximum atomic E-state index is 12.7. The highest BCUT2D eigenvalue weighted by Gasteiger charge is 2.36. The van der Waals surface area contributed by atoms with E-state index in [4.69, 9.17) is 0 Å². The minimum Gasteiger partial charge on any atom is -0.285 e. The molecule has 0 aliphatic carbocycles. The quantitative estimate of drug-likeness (QED) is 0.697. The second kappa shape index (κ2) is 5.77. The average Bonchev–Trinajstić information content (AvgIpc) is 2.91. The molecule has 5 heteroatoms. The van der Waals surface area contributed by atoms with Gasteiger partial charge in [-0.3, -0.25) is 19.6 Å². The number of rotatable bonds is 3. The van der Waals surface area contributed by atoms with Crippen LogP contribution in [0.3, 0.4) is 0 Å². The standard InChI is InChI=1S/C19H15N3O2/c23-17-13-21(16-9-2-1-3-10-16)19(24)22(17)12-15-7-4-6-14-8-5-11-20-18(14)15/h1-11H,12-13H2. The van der Waals surface area contributed by atoms with Crippen LogP contribution in [0, 0.1) is 0 Å². The molecule has 0 atom stereocenters. The Balaban J connectivity index is 1.65. The third-order valence-electron chi connectivity index (χ3n) is 4.17. The van der Waals surface area contributed by atoms with Gasteiger partial charge in [0.05, 0.1) is 12.1 Å². The van der Waals surface area contributed by atoms with E-state index in [-0.39, 0.29) is 25.0 Å². The molecule has 118 valence electrons. The zero-order valence-corrected chi connectivity index (χ0v) is 12.9. The molecule has 3 aromatic rings. The van der Waals surface area contributed by atoms with Crippen LogP contribution in [0.4, 0.5) is 10.5 Å². The second-order valence-corrected chi connectivity index (χ2v) is 5.68. The predicted molar refractivity (Wildman–Crippen MR) is 91.5 cm³/mol. The van der Waals surface area contributed by atoms with E-state index >= 15 is 0 Å². The van der Waals surface area contributed by atoms with Crippen LogP contribution in [0.25, 0.3) is 10.9 Å². The topological polar surface area (TPSA) is 53.5 Å². The molecule has 1 saturated heterocycles. The van der Waals surface area contributed by atoms with Crippen LogP contribution in [0.2, 0.25) is 0 Å². The molecule has 1 aliphatic heterocycles. The van der Waals surface area contributed by atoms with E-state index in [9.17, 15) is 9.59 Å². The second-order valence-electron chi connectivity index (χ2n) is 5.68. The van der Waals surface area contributed by atoms with Crippen LogP contribution in [0.5, 0.6) is 0 Å². The number of pyridine rings is 1. The molecule has 1 aromatic heterocycles. The maximum Gasteiger partial charge on any atom is 0.332 e. The number of carbonyl (C=O) groups is 2. The molecule has 2 aromatic carbocycles. The first-order valence-electron chi connectivity index (χ1n) is 7.73. The smallest absolute Gasteiger partial charge is 0.285 e. The van der Waals surface area contributed by atoms with Gasteiger partial charge >= 0.3 is 6.03 Å². The fraction of sp³-hybridized carbons (Fsp3) is 0.105. The van der Waals surface area contributed by atoms with E-state index in [1.807, 2.05) is 60.7 Å². The van der Waals surface area contributed by atoms with Crippen molar-refractivity contribution in [1.29, 1.82) is 0 Å². The van der Waals surface area contributed by atoms with E-state index < -0.39 is 0 Å². The minimum absolute atomic E-state index is 0.0705. The Kier molecular flexibility index (Phi) is 3.46. The summed E-state index contributed by atoms with van der Waals surface area (Å²) in [6.45, 7) is 0.302. The van der Waals surface area contributed by atoms with Crippen molar-refractivity contribution >= 4 is 28.5 Å². The Labute approximate surface area is 139 Å². The first kappa shape index (κ1) is 14.4. The Hall–Kier alpha value is -3.21. The van der Waals surface area contributed by atoms with Crippen LogP contribution >= 0.6 is 0 Å². The van der Waals surface area contributed by atoms with Gasteiger partial charge in [0.15, 0.2) is 0 Å². The third kappa shape index (κ3) is 2.40. The van der Waals surface area contributed by atoms with Crippen LogP contribution in [-0.4, -0.2) is 28.4 Å². The predicted octanol–water partition coefficient (Wildman–Crippen LogP) is 3.20. The first-order chi connectivity index (χ1) is 11.7. The zero-order valence-electron chi connectivity index (χ0n) is 12.9. The van der Waals surface area contributed by atoms with E-state index in [0.29, 0.717) is 0 Å². The Bertz CT molecular complexity index is 919. The van der Waals surface area contributed by atoms with Crippen molar-refractivity contribution in [2.75, 3.05) is 11.4 Å². The van der Waals surface area contributed by atoms with Crippen LogP contribution < -0.4 is 4.90 Å². The molecule has 1 aliphatic rings. The molecule has 4 rings (SSSR count). The summed E-state index contributed by atoms with van der Waals surface area (Å²) in [4.78, 5) is 32.2. The van der Waals surface area contributed by atoms with Crippen molar-refractivity contribution < 1.29 is 9.59 Å². The Morgan fingerprint density at radius 3 is 2.54 bits per heavy atom. The van der Waals surface area contributed by atoms with Gasteiger partial charge in [-0.05, 0) is 23.8 Å². The van der Waals surface area contributed by atoms with Crippen molar-refractivity contribution in [1.82, 2.24) is 9.88 Å².